The number of hydrogen-bond donors (Lipinski definition) is 1. The van der Waals surface area contributed by atoms with Gasteiger partial charge in [0.05, 0.1) is 29.7 Å². The summed E-state index contributed by atoms with van der Waals surface area (Å²) >= 11 is 3.30. The van der Waals surface area contributed by atoms with Crippen LogP contribution in [-0.4, -0.2) is 36.0 Å². The summed E-state index contributed by atoms with van der Waals surface area (Å²) in [7, 11) is 1.26. The van der Waals surface area contributed by atoms with Gasteiger partial charge in [0, 0.05) is 6.07 Å². The predicted molar refractivity (Wildman–Crippen MR) is 73.4 cm³/mol. The SMILES string of the molecule is COc1cc(-n2cc(OC(F)F)cn2)c(BO)cc1Br. The number of alkyl halides is 2. The Bertz CT molecular complexity index is 609. The number of hydrogen-bond acceptors (Lipinski definition) is 4. The van der Waals surface area contributed by atoms with Crippen molar-refractivity contribution in [3.05, 3.63) is 29.0 Å². The molecule has 106 valence electrons. The van der Waals surface area contributed by atoms with E-state index in [2.05, 4.69) is 25.8 Å². The highest BCUT2D eigenvalue weighted by molar-refractivity contribution is 9.10. The zero-order chi connectivity index (χ0) is 14.7. The van der Waals surface area contributed by atoms with E-state index in [0.717, 1.165) is 0 Å². The van der Waals surface area contributed by atoms with Gasteiger partial charge in [0.15, 0.2) is 5.75 Å². The molecule has 20 heavy (non-hydrogen) atoms. The van der Waals surface area contributed by atoms with Crippen LogP contribution in [0.2, 0.25) is 0 Å². The Hall–Kier alpha value is -1.61. The topological polar surface area (TPSA) is 56.5 Å². The number of halogens is 3. The molecule has 0 aliphatic carbocycles. The van der Waals surface area contributed by atoms with Crippen LogP contribution in [0.25, 0.3) is 5.69 Å². The van der Waals surface area contributed by atoms with Crippen LogP contribution in [0, 0.1) is 0 Å². The maximum Gasteiger partial charge on any atom is 0.387 e. The Morgan fingerprint density at radius 2 is 2.20 bits per heavy atom. The highest BCUT2D eigenvalue weighted by atomic mass is 79.9. The fourth-order valence-electron chi connectivity index (χ4n) is 1.68. The first kappa shape index (κ1) is 14.8. The molecule has 0 atom stereocenters. The molecule has 2 aromatic rings. The first-order valence-corrected chi connectivity index (χ1v) is 6.31. The standard InChI is InChI=1S/C11H10BBrF2N2O3/c1-19-10-3-9(7(12-18)2-8(10)13)17-5-6(4-16-17)20-11(14)15/h2-5,11-12,18H,1H3. The molecule has 9 heteroatoms. The van der Waals surface area contributed by atoms with Crippen LogP contribution in [0.5, 0.6) is 11.5 Å². The van der Waals surface area contributed by atoms with E-state index in [-0.39, 0.29) is 13.2 Å². The number of benzene rings is 1. The fraction of sp³-hybridized carbons (Fsp3) is 0.182. The monoisotopic (exact) mass is 346 g/mol. The van der Waals surface area contributed by atoms with Gasteiger partial charge in [-0.2, -0.15) is 13.9 Å². The Morgan fingerprint density at radius 1 is 1.45 bits per heavy atom. The molecule has 0 spiro atoms. The van der Waals surface area contributed by atoms with Crippen molar-refractivity contribution in [2.24, 2.45) is 0 Å². The average molecular weight is 347 g/mol. The Morgan fingerprint density at radius 3 is 2.80 bits per heavy atom. The lowest BCUT2D eigenvalue weighted by Gasteiger charge is -2.11. The highest BCUT2D eigenvalue weighted by Crippen LogP contribution is 2.26. The van der Waals surface area contributed by atoms with E-state index in [9.17, 15) is 13.8 Å². The smallest absolute Gasteiger partial charge is 0.387 e. The number of ether oxygens (including phenoxy) is 2. The van der Waals surface area contributed by atoms with E-state index >= 15 is 0 Å². The van der Waals surface area contributed by atoms with Gasteiger partial charge < -0.3 is 14.5 Å². The lowest BCUT2D eigenvalue weighted by atomic mass is 9.87. The van der Waals surface area contributed by atoms with Gasteiger partial charge in [-0.3, -0.25) is 0 Å². The van der Waals surface area contributed by atoms with Crippen LogP contribution in [0.1, 0.15) is 0 Å². The quantitative estimate of drug-likeness (QED) is 0.827. The lowest BCUT2D eigenvalue weighted by Crippen LogP contribution is -2.21. The minimum Gasteiger partial charge on any atom is -0.495 e. The van der Waals surface area contributed by atoms with E-state index in [4.69, 9.17) is 4.74 Å². The number of methoxy groups -OCH3 is 1. The number of aromatic nitrogens is 2. The third kappa shape index (κ3) is 3.10. The minimum atomic E-state index is -2.91. The van der Waals surface area contributed by atoms with Gasteiger partial charge in [-0.25, -0.2) is 4.68 Å². The zero-order valence-corrected chi connectivity index (χ0v) is 12.0. The molecule has 1 aromatic carbocycles. The van der Waals surface area contributed by atoms with Crippen molar-refractivity contribution in [3.63, 3.8) is 0 Å². The summed E-state index contributed by atoms with van der Waals surface area (Å²) in [5.74, 6) is 0.467. The molecule has 0 saturated carbocycles. The Balaban J connectivity index is 2.42. The second kappa shape index (κ2) is 6.23. The van der Waals surface area contributed by atoms with E-state index in [1.807, 2.05) is 0 Å². The molecule has 0 radical (unpaired) electrons. The largest absolute Gasteiger partial charge is 0.495 e. The van der Waals surface area contributed by atoms with Crippen LogP contribution in [0.15, 0.2) is 29.0 Å². The molecule has 0 fully saturated rings. The number of rotatable bonds is 5. The molecule has 0 aliphatic heterocycles. The van der Waals surface area contributed by atoms with Crippen LogP contribution in [-0.2, 0) is 0 Å². The van der Waals surface area contributed by atoms with E-state index in [1.54, 1.807) is 12.1 Å². The number of nitrogens with zero attached hydrogens (tertiary/aromatic N) is 2. The van der Waals surface area contributed by atoms with E-state index in [0.29, 0.717) is 21.4 Å². The van der Waals surface area contributed by atoms with Crippen molar-refractivity contribution in [1.29, 1.82) is 0 Å². The molecular formula is C11H10BBrF2N2O3. The van der Waals surface area contributed by atoms with Crippen molar-refractivity contribution < 1.29 is 23.3 Å². The predicted octanol–water partition coefficient (Wildman–Crippen LogP) is 1.21. The molecule has 1 heterocycles. The summed E-state index contributed by atoms with van der Waals surface area (Å²) in [5, 5.41) is 13.3. The second-order valence-electron chi connectivity index (χ2n) is 3.77. The third-order valence-corrected chi connectivity index (χ3v) is 3.17. The maximum atomic E-state index is 12.1. The summed E-state index contributed by atoms with van der Waals surface area (Å²) in [6, 6.07) is 3.30. The second-order valence-corrected chi connectivity index (χ2v) is 4.63. The van der Waals surface area contributed by atoms with Crippen molar-refractivity contribution in [1.82, 2.24) is 9.78 Å². The molecule has 0 amide bonds. The molecule has 0 unspecified atom stereocenters. The first-order chi connectivity index (χ1) is 9.55. The highest BCUT2D eigenvalue weighted by Gasteiger charge is 2.13. The van der Waals surface area contributed by atoms with E-state index < -0.39 is 6.61 Å². The van der Waals surface area contributed by atoms with Crippen molar-refractivity contribution >= 4 is 28.9 Å². The van der Waals surface area contributed by atoms with Gasteiger partial charge in [-0.05, 0) is 27.5 Å². The van der Waals surface area contributed by atoms with Crippen molar-refractivity contribution in [2.45, 2.75) is 6.61 Å². The summed E-state index contributed by atoms with van der Waals surface area (Å²) in [6.45, 7) is -2.91. The van der Waals surface area contributed by atoms with Crippen molar-refractivity contribution in [2.75, 3.05) is 7.11 Å². The van der Waals surface area contributed by atoms with E-state index in [1.165, 1.54) is 24.2 Å². The first-order valence-electron chi connectivity index (χ1n) is 5.52. The lowest BCUT2D eigenvalue weighted by molar-refractivity contribution is -0.0498. The van der Waals surface area contributed by atoms with Gasteiger partial charge in [-0.1, -0.05) is 0 Å². The van der Waals surface area contributed by atoms with Crippen LogP contribution >= 0.6 is 15.9 Å². The molecule has 0 bridgehead atoms. The molecule has 1 aromatic heterocycles. The Kier molecular flexibility index (Phi) is 4.61. The maximum absolute atomic E-state index is 12.1. The van der Waals surface area contributed by atoms with Gasteiger partial charge in [0.1, 0.15) is 5.75 Å². The van der Waals surface area contributed by atoms with Crippen LogP contribution in [0.3, 0.4) is 0 Å². The van der Waals surface area contributed by atoms with Gasteiger partial charge in [0.25, 0.3) is 0 Å². The molecular weight excluding hydrogens is 337 g/mol. The summed E-state index contributed by atoms with van der Waals surface area (Å²) in [4.78, 5) is 0. The Labute approximate surface area is 122 Å². The molecule has 5 nitrogen and oxygen atoms in total. The van der Waals surface area contributed by atoms with Crippen molar-refractivity contribution in [3.8, 4) is 17.2 Å². The summed E-state index contributed by atoms with van der Waals surface area (Å²) < 4.78 is 35.7. The normalized spacial score (nSPS) is 10.7. The average Bonchev–Trinajstić information content (AvgIpc) is 2.85. The van der Waals surface area contributed by atoms with Gasteiger partial charge >= 0.3 is 14.1 Å². The van der Waals surface area contributed by atoms with Crippen LogP contribution < -0.4 is 14.9 Å². The van der Waals surface area contributed by atoms with Gasteiger partial charge in [0.2, 0.25) is 0 Å². The zero-order valence-electron chi connectivity index (χ0n) is 10.4. The van der Waals surface area contributed by atoms with Crippen LogP contribution in [0.4, 0.5) is 8.78 Å². The summed E-state index contributed by atoms with van der Waals surface area (Å²) in [5.41, 5.74) is 1.07. The minimum absolute atomic E-state index is 0.0641. The molecule has 0 saturated heterocycles. The fourth-order valence-corrected chi connectivity index (χ4v) is 2.23. The van der Waals surface area contributed by atoms with Gasteiger partial charge in [-0.15, -0.1) is 0 Å². The molecule has 1 N–H and O–H groups in total. The third-order valence-electron chi connectivity index (χ3n) is 2.55. The molecule has 0 aliphatic rings. The summed E-state index contributed by atoms with van der Waals surface area (Å²) in [6.07, 6.45) is 2.47. The molecule has 2 rings (SSSR count).